The highest BCUT2D eigenvalue weighted by molar-refractivity contribution is 5.68. The Morgan fingerprint density at radius 3 is 2.30 bits per heavy atom. The molecule has 0 bridgehead atoms. The molecule has 1 aromatic heterocycles. The van der Waals surface area contributed by atoms with Crippen molar-refractivity contribution in [2.24, 2.45) is 0 Å². The molecule has 0 aromatic carbocycles. The molecule has 1 aliphatic rings. The highest BCUT2D eigenvalue weighted by atomic mass is 16.8. The van der Waals surface area contributed by atoms with Crippen LogP contribution in [0.5, 0.6) is 11.8 Å². The molecule has 1 aliphatic carbocycles. The lowest BCUT2D eigenvalue weighted by atomic mass is 9.89. The average Bonchev–Trinajstić information content (AvgIpc) is 2.65. The number of rotatable bonds is 3. The molecule has 0 atom stereocenters. The number of ether oxygens (including phenoxy) is 2. The van der Waals surface area contributed by atoms with Gasteiger partial charge in [-0.2, -0.15) is 0 Å². The Morgan fingerprint density at radius 2 is 1.78 bits per heavy atom. The van der Waals surface area contributed by atoms with E-state index < -0.39 is 35.7 Å². The summed E-state index contributed by atoms with van der Waals surface area (Å²) in [6.45, 7) is 5.30. The molecule has 3 N–H and O–H groups in total. The zero-order valence-corrected chi connectivity index (χ0v) is 13.1. The van der Waals surface area contributed by atoms with Gasteiger partial charge < -0.3 is 25.0 Å². The lowest BCUT2D eigenvalue weighted by molar-refractivity contribution is -0.0257. The maximum atomic E-state index is 11.6. The van der Waals surface area contributed by atoms with Crippen LogP contribution in [0.2, 0.25) is 0 Å². The van der Waals surface area contributed by atoms with E-state index in [-0.39, 0.29) is 6.04 Å². The maximum absolute atomic E-state index is 11.6. The van der Waals surface area contributed by atoms with E-state index in [4.69, 9.17) is 9.47 Å². The van der Waals surface area contributed by atoms with Gasteiger partial charge in [-0.25, -0.2) is 9.59 Å². The Morgan fingerprint density at radius 1 is 1.22 bits per heavy atom. The van der Waals surface area contributed by atoms with Gasteiger partial charge in [-0.05, 0) is 20.8 Å². The normalized spacial score (nSPS) is 20.3. The maximum Gasteiger partial charge on any atom is 0.534 e. The van der Waals surface area contributed by atoms with Crippen LogP contribution in [0, 0.1) is 0 Å². The van der Waals surface area contributed by atoms with Gasteiger partial charge in [0.05, 0.1) is 0 Å². The molecule has 0 radical (unpaired) electrons. The quantitative estimate of drug-likeness (QED) is 0.720. The number of aromatic hydroxyl groups is 2. The molecule has 1 aromatic rings. The SMILES string of the molecule is CC(C)(C)OC(=O)NC1CC(OC(=O)On2c(O)ccc2O)C1. The van der Waals surface area contributed by atoms with E-state index in [1.165, 1.54) is 0 Å². The number of hydrogen-bond donors (Lipinski definition) is 3. The molecular formula is C14H20N2O7. The summed E-state index contributed by atoms with van der Waals surface area (Å²) in [4.78, 5) is 27.7. The third kappa shape index (κ3) is 4.70. The first kappa shape index (κ1) is 16.8. The molecule has 9 nitrogen and oxygen atoms in total. The van der Waals surface area contributed by atoms with Crippen LogP contribution < -0.4 is 10.2 Å². The topological polar surface area (TPSA) is 119 Å². The fourth-order valence-corrected chi connectivity index (χ4v) is 1.98. The minimum atomic E-state index is -1.06. The van der Waals surface area contributed by atoms with Crippen LogP contribution >= 0.6 is 0 Å². The first-order chi connectivity index (χ1) is 10.6. The van der Waals surface area contributed by atoms with Crippen molar-refractivity contribution < 1.29 is 34.1 Å². The Labute approximate surface area is 132 Å². The largest absolute Gasteiger partial charge is 0.534 e. The average molecular weight is 328 g/mol. The van der Waals surface area contributed by atoms with E-state index in [2.05, 4.69) is 10.2 Å². The molecule has 0 spiro atoms. The molecule has 2 rings (SSSR count). The predicted molar refractivity (Wildman–Crippen MR) is 77.0 cm³/mol. The zero-order chi connectivity index (χ0) is 17.2. The van der Waals surface area contributed by atoms with Crippen molar-refractivity contribution in [3.8, 4) is 11.8 Å². The Balaban J connectivity index is 1.70. The van der Waals surface area contributed by atoms with E-state index in [1.807, 2.05) is 0 Å². The number of carbonyl (C=O) groups excluding carboxylic acids is 2. The van der Waals surface area contributed by atoms with Gasteiger partial charge in [0.1, 0.15) is 11.7 Å². The molecule has 1 amide bonds. The summed E-state index contributed by atoms with van der Waals surface area (Å²) in [7, 11) is 0. The van der Waals surface area contributed by atoms with Crippen molar-refractivity contribution in [3.63, 3.8) is 0 Å². The van der Waals surface area contributed by atoms with Gasteiger partial charge in [-0.15, -0.1) is 4.73 Å². The van der Waals surface area contributed by atoms with Crippen LogP contribution in [0.15, 0.2) is 12.1 Å². The van der Waals surface area contributed by atoms with Crippen LogP contribution in [-0.2, 0) is 9.47 Å². The highest BCUT2D eigenvalue weighted by Gasteiger charge is 2.35. The first-order valence-corrected chi connectivity index (χ1v) is 7.12. The number of alkyl carbamates (subject to hydrolysis) is 1. The molecule has 128 valence electrons. The van der Waals surface area contributed by atoms with Crippen molar-refractivity contribution >= 4 is 12.2 Å². The Kier molecular flexibility index (Phi) is 4.57. The second kappa shape index (κ2) is 6.27. The molecule has 0 saturated heterocycles. The Bertz CT molecular complexity index is 565. The second-order valence-electron chi connectivity index (χ2n) is 6.24. The second-order valence-corrected chi connectivity index (χ2v) is 6.24. The van der Waals surface area contributed by atoms with Crippen LogP contribution in [0.1, 0.15) is 33.6 Å². The first-order valence-electron chi connectivity index (χ1n) is 7.12. The van der Waals surface area contributed by atoms with Crippen LogP contribution in [0.4, 0.5) is 9.59 Å². The summed E-state index contributed by atoms with van der Waals surface area (Å²) in [6.07, 6.45) is -1.14. The number of amides is 1. The molecule has 9 heteroatoms. The predicted octanol–water partition coefficient (Wildman–Crippen LogP) is 1.52. The van der Waals surface area contributed by atoms with Crippen molar-refractivity contribution in [1.29, 1.82) is 0 Å². The Hall–Kier alpha value is -2.58. The van der Waals surface area contributed by atoms with Crippen LogP contribution in [0.3, 0.4) is 0 Å². The summed E-state index contributed by atoms with van der Waals surface area (Å²) in [5, 5.41) is 21.3. The van der Waals surface area contributed by atoms with Gasteiger partial charge in [0.25, 0.3) is 0 Å². The monoisotopic (exact) mass is 328 g/mol. The van der Waals surface area contributed by atoms with E-state index in [9.17, 15) is 19.8 Å². The lowest BCUT2D eigenvalue weighted by Gasteiger charge is -2.34. The van der Waals surface area contributed by atoms with Gasteiger partial charge in [-0.3, -0.25) is 4.84 Å². The molecule has 1 heterocycles. The number of aromatic nitrogens is 1. The third-order valence-corrected chi connectivity index (χ3v) is 3.04. The summed E-state index contributed by atoms with van der Waals surface area (Å²) >= 11 is 0. The number of hydrogen-bond acceptors (Lipinski definition) is 7. The van der Waals surface area contributed by atoms with Gasteiger partial charge in [0.15, 0.2) is 0 Å². The molecule has 0 unspecified atom stereocenters. The molecule has 23 heavy (non-hydrogen) atoms. The minimum absolute atomic E-state index is 0.143. The molecule has 1 fully saturated rings. The minimum Gasteiger partial charge on any atom is -0.492 e. The van der Waals surface area contributed by atoms with Crippen molar-refractivity contribution in [1.82, 2.24) is 10.0 Å². The highest BCUT2D eigenvalue weighted by Crippen LogP contribution is 2.25. The van der Waals surface area contributed by atoms with E-state index in [0.717, 1.165) is 12.1 Å². The lowest BCUT2D eigenvalue weighted by Crippen LogP contribution is -2.50. The van der Waals surface area contributed by atoms with E-state index in [0.29, 0.717) is 17.6 Å². The number of nitrogens with zero attached hydrogens (tertiary/aromatic N) is 1. The van der Waals surface area contributed by atoms with Crippen LogP contribution in [0.25, 0.3) is 0 Å². The van der Waals surface area contributed by atoms with Gasteiger partial charge in [0.2, 0.25) is 11.8 Å². The molecule has 1 saturated carbocycles. The molecular weight excluding hydrogens is 308 g/mol. The fourth-order valence-electron chi connectivity index (χ4n) is 1.98. The van der Waals surface area contributed by atoms with Crippen molar-refractivity contribution in [2.75, 3.05) is 0 Å². The fraction of sp³-hybridized carbons (Fsp3) is 0.571. The van der Waals surface area contributed by atoms with E-state index in [1.54, 1.807) is 20.8 Å². The standard InChI is InChI=1S/C14H20N2O7/c1-14(2,3)22-12(19)15-8-6-9(7-8)21-13(20)23-16-10(17)4-5-11(16)18/h4-5,8-9,17-18H,6-7H2,1-3H3,(H,15,19). The van der Waals surface area contributed by atoms with Crippen molar-refractivity contribution in [3.05, 3.63) is 12.1 Å². The summed E-state index contributed by atoms with van der Waals surface area (Å²) in [6, 6.07) is 2.18. The van der Waals surface area contributed by atoms with Crippen molar-refractivity contribution in [2.45, 2.75) is 51.4 Å². The smallest absolute Gasteiger partial charge is 0.492 e. The zero-order valence-electron chi connectivity index (χ0n) is 13.1. The van der Waals surface area contributed by atoms with E-state index >= 15 is 0 Å². The summed E-state index contributed by atoms with van der Waals surface area (Å²) in [5.74, 6) is -0.866. The third-order valence-electron chi connectivity index (χ3n) is 3.04. The van der Waals surface area contributed by atoms with Crippen LogP contribution in [-0.4, -0.2) is 44.9 Å². The van der Waals surface area contributed by atoms with Gasteiger partial charge >= 0.3 is 12.2 Å². The van der Waals surface area contributed by atoms with Gasteiger partial charge in [-0.1, -0.05) is 0 Å². The summed E-state index contributed by atoms with van der Waals surface area (Å²) < 4.78 is 10.6. The number of carbonyl (C=O) groups is 2. The summed E-state index contributed by atoms with van der Waals surface area (Å²) in [5.41, 5.74) is -0.575. The number of nitrogens with one attached hydrogen (secondary N) is 1. The molecule has 0 aliphatic heterocycles. The van der Waals surface area contributed by atoms with Gasteiger partial charge in [0, 0.05) is 31.0 Å².